The van der Waals surface area contributed by atoms with Crippen LogP contribution in [0.4, 0.5) is 13.9 Å². The lowest BCUT2D eigenvalue weighted by molar-refractivity contribution is 0.0231. The van der Waals surface area contributed by atoms with Crippen LogP contribution in [0.25, 0.3) is 11.4 Å². The summed E-state index contributed by atoms with van der Waals surface area (Å²) in [6.45, 7) is 2.53. The van der Waals surface area contributed by atoms with Gasteiger partial charge in [-0.1, -0.05) is 0 Å². The van der Waals surface area contributed by atoms with Gasteiger partial charge < -0.3 is 9.64 Å². The molecule has 7 heteroatoms. The van der Waals surface area contributed by atoms with Crippen molar-refractivity contribution >= 4 is 16.7 Å². The summed E-state index contributed by atoms with van der Waals surface area (Å²) >= 11 is 1.26. The molecule has 0 aliphatic carbocycles. The highest BCUT2D eigenvalue weighted by Gasteiger charge is 2.42. The number of rotatable bonds is 2. The Morgan fingerprint density at radius 1 is 1.18 bits per heavy atom. The Morgan fingerprint density at radius 2 is 2.00 bits per heavy atom. The molecule has 4 rings (SSSR count). The first-order valence-electron chi connectivity index (χ1n) is 7.33. The highest BCUT2D eigenvalue weighted by Crippen LogP contribution is 2.37. The second kappa shape index (κ2) is 5.24. The molecule has 116 valence electrons. The van der Waals surface area contributed by atoms with E-state index in [1.165, 1.54) is 23.7 Å². The van der Waals surface area contributed by atoms with Gasteiger partial charge in [0.1, 0.15) is 11.6 Å². The number of aromatic nitrogens is 2. The lowest BCUT2D eigenvalue weighted by Gasteiger charge is -2.22. The largest absolute Gasteiger partial charge is 0.373 e. The van der Waals surface area contributed by atoms with Crippen LogP contribution in [0.5, 0.6) is 0 Å². The summed E-state index contributed by atoms with van der Waals surface area (Å²) in [5.74, 6) is -0.872. The van der Waals surface area contributed by atoms with Gasteiger partial charge in [0.2, 0.25) is 5.13 Å². The van der Waals surface area contributed by atoms with Crippen LogP contribution >= 0.6 is 11.5 Å². The predicted molar refractivity (Wildman–Crippen MR) is 80.0 cm³/mol. The Bertz CT molecular complexity index is 680. The fourth-order valence-electron chi connectivity index (χ4n) is 3.23. The molecule has 0 saturated carbocycles. The highest BCUT2D eigenvalue weighted by atomic mass is 32.1. The predicted octanol–water partition coefficient (Wildman–Crippen LogP) is 3.24. The van der Waals surface area contributed by atoms with Gasteiger partial charge in [-0.15, -0.1) is 0 Å². The van der Waals surface area contributed by atoms with E-state index < -0.39 is 11.6 Å². The zero-order valence-corrected chi connectivity index (χ0v) is 12.7. The van der Waals surface area contributed by atoms with Crippen LogP contribution < -0.4 is 4.90 Å². The first kappa shape index (κ1) is 14.0. The molecule has 2 fully saturated rings. The van der Waals surface area contributed by atoms with Crippen LogP contribution in [0.15, 0.2) is 18.2 Å². The maximum absolute atomic E-state index is 13.3. The Morgan fingerprint density at radius 3 is 2.73 bits per heavy atom. The Kier molecular flexibility index (Phi) is 3.34. The van der Waals surface area contributed by atoms with E-state index in [-0.39, 0.29) is 5.60 Å². The van der Waals surface area contributed by atoms with Crippen molar-refractivity contribution in [2.24, 2.45) is 0 Å². The number of nitrogens with zero attached hydrogens (tertiary/aromatic N) is 3. The molecule has 2 saturated heterocycles. The summed E-state index contributed by atoms with van der Waals surface area (Å²) in [6, 6.07) is 3.35. The normalized spacial score (nSPS) is 24.5. The van der Waals surface area contributed by atoms with Crippen LogP contribution in [0.1, 0.15) is 19.3 Å². The summed E-state index contributed by atoms with van der Waals surface area (Å²) in [5.41, 5.74) is 0.336. The smallest absolute Gasteiger partial charge is 0.205 e. The lowest BCUT2D eigenvalue weighted by atomic mass is 10.00. The van der Waals surface area contributed by atoms with Gasteiger partial charge in [0.15, 0.2) is 5.82 Å². The van der Waals surface area contributed by atoms with Crippen LogP contribution in [0.3, 0.4) is 0 Å². The Labute approximate surface area is 130 Å². The molecule has 0 N–H and O–H groups in total. The topological polar surface area (TPSA) is 38.2 Å². The van der Waals surface area contributed by atoms with Crippen molar-refractivity contribution in [1.29, 1.82) is 0 Å². The number of hydrogen-bond donors (Lipinski definition) is 0. The van der Waals surface area contributed by atoms with Crippen molar-refractivity contribution in [3.05, 3.63) is 29.8 Å². The molecule has 2 aromatic rings. The van der Waals surface area contributed by atoms with Gasteiger partial charge in [-0.25, -0.2) is 8.78 Å². The van der Waals surface area contributed by atoms with Crippen LogP contribution in [0, 0.1) is 11.6 Å². The fraction of sp³-hybridized carbons (Fsp3) is 0.467. The number of benzene rings is 1. The van der Waals surface area contributed by atoms with Crippen molar-refractivity contribution in [3.8, 4) is 11.4 Å². The minimum Gasteiger partial charge on any atom is -0.373 e. The van der Waals surface area contributed by atoms with Gasteiger partial charge in [-0.2, -0.15) is 9.36 Å². The zero-order chi connectivity index (χ0) is 15.2. The molecule has 1 spiro atoms. The summed E-state index contributed by atoms with van der Waals surface area (Å²) in [6.07, 6.45) is 3.19. The quantitative estimate of drug-likeness (QED) is 0.850. The molecule has 1 unspecified atom stereocenters. The van der Waals surface area contributed by atoms with E-state index in [0.29, 0.717) is 11.4 Å². The first-order chi connectivity index (χ1) is 10.6. The minimum atomic E-state index is -0.620. The fourth-order valence-corrected chi connectivity index (χ4v) is 3.94. The van der Waals surface area contributed by atoms with Gasteiger partial charge >= 0.3 is 0 Å². The van der Waals surface area contributed by atoms with E-state index in [9.17, 15) is 8.78 Å². The molecule has 1 aromatic carbocycles. The van der Waals surface area contributed by atoms with Crippen LogP contribution in [-0.4, -0.2) is 34.7 Å². The minimum absolute atomic E-state index is 0.0310. The molecule has 4 nitrogen and oxygen atoms in total. The molecular formula is C15H15F2N3OS. The lowest BCUT2D eigenvalue weighted by Crippen LogP contribution is -2.32. The number of anilines is 1. The average Bonchev–Trinajstić information content (AvgIpc) is 3.20. The van der Waals surface area contributed by atoms with E-state index in [4.69, 9.17) is 4.74 Å². The van der Waals surface area contributed by atoms with Gasteiger partial charge in [0, 0.05) is 42.9 Å². The van der Waals surface area contributed by atoms with E-state index in [1.54, 1.807) is 0 Å². The molecule has 1 atom stereocenters. The number of hydrogen-bond acceptors (Lipinski definition) is 5. The van der Waals surface area contributed by atoms with Gasteiger partial charge in [-0.05, 0) is 31.4 Å². The monoisotopic (exact) mass is 323 g/mol. The standard InChI is InChI=1S/C15H15F2N3OS/c16-11-6-10(7-12(17)8-11)13-18-14(22-19-13)20-4-3-15(9-20)2-1-5-21-15/h6-8H,1-5,9H2. The highest BCUT2D eigenvalue weighted by molar-refractivity contribution is 7.09. The second-order valence-electron chi connectivity index (χ2n) is 5.87. The second-order valence-corrected chi connectivity index (χ2v) is 6.60. The van der Waals surface area contributed by atoms with Crippen molar-refractivity contribution in [2.75, 3.05) is 24.6 Å². The molecule has 22 heavy (non-hydrogen) atoms. The van der Waals surface area contributed by atoms with Gasteiger partial charge in [-0.3, -0.25) is 0 Å². The third kappa shape index (κ3) is 2.48. The summed E-state index contributed by atoms with van der Waals surface area (Å²) in [7, 11) is 0. The molecule has 1 aromatic heterocycles. The molecule has 0 radical (unpaired) electrons. The van der Waals surface area contributed by atoms with E-state index in [1.807, 2.05) is 0 Å². The zero-order valence-electron chi connectivity index (χ0n) is 11.9. The third-order valence-electron chi connectivity index (χ3n) is 4.31. The van der Waals surface area contributed by atoms with E-state index in [0.717, 1.165) is 50.2 Å². The summed E-state index contributed by atoms with van der Waals surface area (Å²) in [4.78, 5) is 6.60. The molecule has 3 heterocycles. The maximum atomic E-state index is 13.3. The summed E-state index contributed by atoms with van der Waals surface area (Å²) < 4.78 is 36.7. The summed E-state index contributed by atoms with van der Waals surface area (Å²) in [5, 5.41) is 0.784. The third-order valence-corrected chi connectivity index (χ3v) is 5.08. The molecule has 2 aliphatic heterocycles. The Balaban J connectivity index is 1.57. The van der Waals surface area contributed by atoms with Gasteiger partial charge in [0.05, 0.1) is 5.60 Å². The molecule has 0 amide bonds. The first-order valence-corrected chi connectivity index (χ1v) is 8.10. The van der Waals surface area contributed by atoms with Crippen LogP contribution in [0.2, 0.25) is 0 Å². The number of ether oxygens (including phenoxy) is 1. The van der Waals surface area contributed by atoms with Crippen LogP contribution in [-0.2, 0) is 4.74 Å². The van der Waals surface area contributed by atoms with E-state index in [2.05, 4.69) is 14.3 Å². The van der Waals surface area contributed by atoms with Crippen molar-refractivity contribution in [1.82, 2.24) is 9.36 Å². The SMILES string of the molecule is Fc1cc(F)cc(-c2nsc(N3CCC4(CCCO4)C3)n2)c1. The number of halogens is 2. The van der Waals surface area contributed by atoms with Crippen molar-refractivity contribution in [2.45, 2.75) is 24.9 Å². The Hall–Kier alpha value is -1.60. The molecule has 0 bridgehead atoms. The van der Waals surface area contributed by atoms with Crippen molar-refractivity contribution in [3.63, 3.8) is 0 Å². The molecule has 2 aliphatic rings. The maximum Gasteiger partial charge on any atom is 0.205 e. The van der Waals surface area contributed by atoms with E-state index >= 15 is 0 Å². The van der Waals surface area contributed by atoms with Gasteiger partial charge in [0.25, 0.3) is 0 Å². The van der Waals surface area contributed by atoms with Crippen molar-refractivity contribution < 1.29 is 13.5 Å². The molecular weight excluding hydrogens is 308 g/mol. The average molecular weight is 323 g/mol.